The smallest absolute Gasteiger partial charge is 0.271 e. The molecule has 0 aromatic carbocycles. The Morgan fingerprint density at radius 3 is 2.67 bits per heavy atom. The summed E-state index contributed by atoms with van der Waals surface area (Å²) in [6.07, 6.45) is -1.64. The van der Waals surface area contributed by atoms with Gasteiger partial charge in [-0.05, 0) is 34.2 Å². The zero-order chi connectivity index (χ0) is 11.6. The summed E-state index contributed by atoms with van der Waals surface area (Å²) in [5.41, 5.74) is -0.924. The number of aromatic nitrogens is 1. The highest BCUT2D eigenvalue weighted by atomic mass is 127. The molecule has 82 valence electrons. The number of carbonyl (C=O) groups excluding carboxylic acids is 1. The maximum Gasteiger partial charge on any atom is 0.271 e. The van der Waals surface area contributed by atoms with Crippen LogP contribution in [0.1, 0.15) is 22.5 Å². The lowest BCUT2D eigenvalue weighted by atomic mass is 10.2. The van der Waals surface area contributed by atoms with E-state index in [2.05, 4.69) is 4.98 Å². The van der Waals surface area contributed by atoms with E-state index in [4.69, 9.17) is 16.3 Å². The fourth-order valence-electron chi connectivity index (χ4n) is 0.984. The maximum atomic E-state index is 12.7. The molecule has 1 rings (SSSR count). The summed E-state index contributed by atoms with van der Waals surface area (Å²) in [6.45, 7) is 0. The molecule has 0 amide bonds. The van der Waals surface area contributed by atoms with Crippen molar-refractivity contribution in [3.05, 3.63) is 21.0 Å². The maximum absolute atomic E-state index is 12.7. The van der Waals surface area contributed by atoms with Crippen LogP contribution in [-0.2, 0) is 0 Å². The molecular formula is C8H5ClF2INO2. The van der Waals surface area contributed by atoms with Crippen molar-refractivity contribution in [3.8, 4) is 5.75 Å². The van der Waals surface area contributed by atoms with Crippen LogP contribution >= 0.6 is 34.2 Å². The zero-order valence-electron chi connectivity index (χ0n) is 7.43. The van der Waals surface area contributed by atoms with Gasteiger partial charge in [-0.3, -0.25) is 4.79 Å². The highest BCUT2D eigenvalue weighted by Gasteiger charge is 2.24. The third kappa shape index (κ3) is 2.54. The summed E-state index contributed by atoms with van der Waals surface area (Å²) < 4.78 is 30.3. The van der Waals surface area contributed by atoms with Gasteiger partial charge in [-0.25, -0.2) is 13.8 Å². The van der Waals surface area contributed by atoms with Gasteiger partial charge >= 0.3 is 0 Å². The highest BCUT2D eigenvalue weighted by Crippen LogP contribution is 2.33. The number of nitrogens with zero attached hydrogens (tertiary/aromatic N) is 1. The first-order valence-electron chi connectivity index (χ1n) is 3.69. The molecule has 1 aromatic rings. The fourth-order valence-corrected chi connectivity index (χ4v) is 1.99. The number of pyridine rings is 1. The molecule has 0 spiro atoms. The number of hydrogen-bond donors (Lipinski definition) is 0. The first kappa shape index (κ1) is 12.6. The molecular weight excluding hydrogens is 342 g/mol. The molecule has 1 aromatic heterocycles. The minimum Gasteiger partial charge on any atom is -0.494 e. The van der Waals surface area contributed by atoms with Crippen molar-refractivity contribution < 1.29 is 18.3 Å². The molecule has 1 heterocycles. The first-order chi connectivity index (χ1) is 6.99. The van der Waals surface area contributed by atoms with Crippen LogP contribution in [0.3, 0.4) is 0 Å². The second-order valence-electron chi connectivity index (χ2n) is 2.48. The van der Waals surface area contributed by atoms with Crippen LogP contribution in [0.4, 0.5) is 8.78 Å². The number of hydrogen-bond acceptors (Lipinski definition) is 3. The largest absolute Gasteiger partial charge is 0.494 e. The Bertz CT molecular complexity index is 400. The Kier molecular flexibility index (Phi) is 4.21. The minimum atomic E-state index is -2.82. The molecule has 0 fully saturated rings. The van der Waals surface area contributed by atoms with Crippen molar-refractivity contribution in [2.45, 2.75) is 6.43 Å². The zero-order valence-corrected chi connectivity index (χ0v) is 10.3. The summed E-state index contributed by atoms with van der Waals surface area (Å²) in [7, 11) is 1.33. The Morgan fingerprint density at radius 1 is 1.67 bits per heavy atom. The van der Waals surface area contributed by atoms with Crippen molar-refractivity contribution in [3.63, 3.8) is 0 Å². The molecule has 15 heavy (non-hydrogen) atoms. The van der Waals surface area contributed by atoms with Crippen LogP contribution in [0.2, 0.25) is 0 Å². The van der Waals surface area contributed by atoms with E-state index in [-0.39, 0.29) is 9.32 Å². The number of rotatable bonds is 3. The van der Waals surface area contributed by atoms with Gasteiger partial charge in [0, 0.05) is 0 Å². The molecule has 0 saturated carbocycles. The third-order valence-electron chi connectivity index (χ3n) is 1.64. The van der Waals surface area contributed by atoms with E-state index in [1.807, 2.05) is 0 Å². The topological polar surface area (TPSA) is 39.2 Å². The summed E-state index contributed by atoms with van der Waals surface area (Å²) in [6, 6.07) is 0. The van der Waals surface area contributed by atoms with Gasteiger partial charge in [-0.1, -0.05) is 0 Å². The molecule has 0 radical (unpaired) electrons. The van der Waals surface area contributed by atoms with E-state index in [0.29, 0.717) is 0 Å². The second kappa shape index (κ2) is 5.02. The van der Waals surface area contributed by atoms with Crippen molar-refractivity contribution in [2.24, 2.45) is 0 Å². The molecule has 7 heteroatoms. The van der Waals surface area contributed by atoms with E-state index >= 15 is 0 Å². The Labute approximate surface area is 103 Å². The van der Waals surface area contributed by atoms with Gasteiger partial charge in [0.2, 0.25) is 0 Å². The molecule has 0 saturated heterocycles. The van der Waals surface area contributed by atoms with Gasteiger partial charge in [-0.2, -0.15) is 0 Å². The van der Waals surface area contributed by atoms with Crippen molar-refractivity contribution in [2.75, 3.05) is 7.11 Å². The van der Waals surface area contributed by atoms with Gasteiger partial charge in [0.15, 0.2) is 5.75 Å². The summed E-state index contributed by atoms with van der Waals surface area (Å²) in [5.74, 6) is 0.188. The number of methoxy groups -OCH3 is 1. The SMILES string of the molecule is COc1cnc(C(=O)Cl)c(C(F)F)c1I. The van der Waals surface area contributed by atoms with E-state index in [1.165, 1.54) is 13.3 Å². The Morgan fingerprint density at radius 2 is 2.27 bits per heavy atom. The number of halogens is 4. The van der Waals surface area contributed by atoms with Gasteiger partial charge in [-0.15, -0.1) is 0 Å². The standard InChI is InChI=1S/C8H5ClF2INO2/c1-15-3-2-13-6(7(9)14)4(5(3)12)8(10)11/h2,8H,1H3. The van der Waals surface area contributed by atoms with Crippen molar-refractivity contribution in [1.82, 2.24) is 4.98 Å². The predicted molar refractivity (Wildman–Crippen MR) is 58.6 cm³/mol. The van der Waals surface area contributed by atoms with Crippen molar-refractivity contribution in [1.29, 1.82) is 0 Å². The Balaban J connectivity index is 3.44. The van der Waals surface area contributed by atoms with Gasteiger partial charge in [0.1, 0.15) is 5.69 Å². The monoisotopic (exact) mass is 347 g/mol. The number of ether oxygens (including phenoxy) is 1. The lowest BCUT2D eigenvalue weighted by molar-refractivity contribution is 0.105. The summed E-state index contributed by atoms with van der Waals surface area (Å²) >= 11 is 6.80. The molecule has 0 aliphatic heterocycles. The summed E-state index contributed by atoms with van der Waals surface area (Å²) in [5, 5.41) is -1.01. The normalized spacial score (nSPS) is 10.5. The van der Waals surface area contributed by atoms with Crippen LogP contribution in [0.5, 0.6) is 5.75 Å². The molecule has 0 aliphatic carbocycles. The molecule has 0 unspecified atom stereocenters. The minimum absolute atomic E-state index is 0.143. The van der Waals surface area contributed by atoms with Crippen LogP contribution in [0, 0.1) is 3.57 Å². The van der Waals surface area contributed by atoms with Crippen LogP contribution in [0.25, 0.3) is 0 Å². The van der Waals surface area contributed by atoms with Crippen molar-refractivity contribution >= 4 is 39.4 Å². The van der Waals surface area contributed by atoms with Crippen LogP contribution < -0.4 is 4.74 Å². The molecule has 0 aliphatic rings. The van der Waals surface area contributed by atoms with Gasteiger partial charge < -0.3 is 4.74 Å². The van der Waals surface area contributed by atoms with Crippen LogP contribution in [-0.4, -0.2) is 17.3 Å². The lowest BCUT2D eigenvalue weighted by Crippen LogP contribution is -2.06. The van der Waals surface area contributed by atoms with E-state index < -0.39 is 22.9 Å². The number of carbonyl (C=O) groups is 1. The second-order valence-corrected chi connectivity index (χ2v) is 3.90. The first-order valence-corrected chi connectivity index (χ1v) is 5.15. The number of alkyl halides is 2. The molecule has 3 nitrogen and oxygen atoms in total. The van der Waals surface area contributed by atoms with Gasteiger partial charge in [0.05, 0.1) is 22.4 Å². The Hall–Kier alpha value is -0.500. The van der Waals surface area contributed by atoms with E-state index in [0.717, 1.165) is 0 Å². The van der Waals surface area contributed by atoms with E-state index in [9.17, 15) is 13.6 Å². The third-order valence-corrected chi connectivity index (χ3v) is 2.93. The lowest BCUT2D eigenvalue weighted by Gasteiger charge is -2.10. The average Bonchev–Trinajstić information content (AvgIpc) is 2.16. The van der Waals surface area contributed by atoms with E-state index in [1.54, 1.807) is 22.6 Å². The predicted octanol–water partition coefficient (Wildman–Crippen LogP) is 3.01. The fraction of sp³-hybridized carbons (Fsp3) is 0.250. The quantitative estimate of drug-likeness (QED) is 0.623. The summed E-state index contributed by atoms with van der Waals surface area (Å²) in [4.78, 5) is 14.4. The molecule has 0 N–H and O–H groups in total. The van der Waals surface area contributed by atoms with Crippen LogP contribution in [0.15, 0.2) is 6.20 Å². The molecule has 0 atom stereocenters. The average molecular weight is 347 g/mol. The van der Waals surface area contributed by atoms with Gasteiger partial charge in [0.25, 0.3) is 11.7 Å². The highest BCUT2D eigenvalue weighted by molar-refractivity contribution is 14.1. The molecule has 0 bridgehead atoms.